The molecule has 0 aliphatic heterocycles. The quantitative estimate of drug-likeness (QED) is 0.348. The van der Waals surface area contributed by atoms with E-state index in [1.165, 1.54) is 12.1 Å². The van der Waals surface area contributed by atoms with Gasteiger partial charge in [0.25, 0.3) is 5.91 Å². The number of rotatable bonds is 8. The van der Waals surface area contributed by atoms with Crippen molar-refractivity contribution in [2.24, 2.45) is 0 Å². The molecule has 2 N–H and O–H groups in total. The molecule has 4 aromatic rings. The molecule has 0 atom stereocenters. The van der Waals surface area contributed by atoms with Gasteiger partial charge < -0.3 is 19.8 Å². The van der Waals surface area contributed by atoms with Crippen LogP contribution < -0.4 is 10.6 Å². The minimum absolute atomic E-state index is 0.0348. The molecule has 6 nitrogen and oxygen atoms in total. The first-order chi connectivity index (χ1) is 17.0. The number of furan rings is 1. The molecule has 0 aliphatic rings. The molecule has 0 aliphatic carbocycles. The van der Waals surface area contributed by atoms with E-state index in [1.807, 2.05) is 48.5 Å². The van der Waals surface area contributed by atoms with Crippen molar-refractivity contribution in [3.8, 4) is 11.3 Å². The van der Waals surface area contributed by atoms with E-state index in [0.29, 0.717) is 11.3 Å². The van der Waals surface area contributed by atoms with Crippen molar-refractivity contribution in [1.82, 2.24) is 10.6 Å². The van der Waals surface area contributed by atoms with Crippen molar-refractivity contribution in [1.29, 1.82) is 0 Å². The maximum absolute atomic E-state index is 13.8. The van der Waals surface area contributed by atoms with E-state index in [-0.39, 0.29) is 31.0 Å². The Morgan fingerprint density at radius 3 is 2.34 bits per heavy atom. The van der Waals surface area contributed by atoms with Gasteiger partial charge in [-0.1, -0.05) is 60.7 Å². The molecule has 0 saturated heterocycles. The second-order valence-electron chi connectivity index (χ2n) is 7.65. The van der Waals surface area contributed by atoms with Crippen molar-refractivity contribution in [2.75, 3.05) is 0 Å². The number of halogens is 2. The van der Waals surface area contributed by atoms with Gasteiger partial charge in [0.05, 0.1) is 0 Å². The monoisotopic (exact) mass is 476 g/mol. The third-order valence-corrected chi connectivity index (χ3v) is 5.20. The van der Waals surface area contributed by atoms with E-state index < -0.39 is 23.6 Å². The van der Waals surface area contributed by atoms with Crippen LogP contribution in [0.1, 0.15) is 27.2 Å². The van der Waals surface area contributed by atoms with Crippen molar-refractivity contribution in [3.63, 3.8) is 0 Å². The van der Waals surface area contributed by atoms with Crippen LogP contribution >= 0.6 is 0 Å². The van der Waals surface area contributed by atoms with Crippen LogP contribution in [0.3, 0.4) is 0 Å². The van der Waals surface area contributed by atoms with E-state index in [1.54, 1.807) is 12.1 Å². The molecule has 35 heavy (non-hydrogen) atoms. The van der Waals surface area contributed by atoms with Crippen LogP contribution in [0.5, 0.6) is 0 Å². The molecule has 1 aromatic heterocycles. The van der Waals surface area contributed by atoms with Gasteiger partial charge in [-0.05, 0) is 29.3 Å². The van der Waals surface area contributed by atoms with Gasteiger partial charge in [-0.25, -0.2) is 13.6 Å². The van der Waals surface area contributed by atoms with Gasteiger partial charge in [0.1, 0.15) is 24.0 Å². The van der Waals surface area contributed by atoms with Crippen LogP contribution in [0.4, 0.5) is 13.6 Å². The predicted octanol–water partition coefficient (Wildman–Crippen LogP) is 5.58. The zero-order chi connectivity index (χ0) is 24.6. The molecule has 0 saturated carbocycles. The molecule has 0 fully saturated rings. The topological polar surface area (TPSA) is 80.6 Å². The second kappa shape index (κ2) is 11.1. The fourth-order valence-electron chi connectivity index (χ4n) is 3.39. The highest BCUT2D eigenvalue weighted by molar-refractivity contribution is 5.92. The van der Waals surface area contributed by atoms with Crippen LogP contribution in [0, 0.1) is 11.6 Å². The van der Waals surface area contributed by atoms with E-state index in [9.17, 15) is 18.4 Å². The normalized spacial score (nSPS) is 10.6. The summed E-state index contributed by atoms with van der Waals surface area (Å²) >= 11 is 0. The fourth-order valence-corrected chi connectivity index (χ4v) is 3.39. The fraction of sp³-hybridized carbons (Fsp3) is 0.111. The Hall–Kier alpha value is -4.46. The lowest BCUT2D eigenvalue weighted by Gasteiger charge is -2.10. The van der Waals surface area contributed by atoms with E-state index in [0.717, 1.165) is 23.3 Å². The van der Waals surface area contributed by atoms with Gasteiger partial charge in [0.15, 0.2) is 5.76 Å². The van der Waals surface area contributed by atoms with Crippen molar-refractivity contribution in [2.45, 2.75) is 19.7 Å². The maximum Gasteiger partial charge on any atom is 0.407 e. The number of benzene rings is 3. The molecule has 0 spiro atoms. The molecular formula is C27H22F2N2O4. The third kappa shape index (κ3) is 6.32. The minimum atomic E-state index is -0.742. The Kier molecular flexibility index (Phi) is 7.52. The first-order valence-electron chi connectivity index (χ1n) is 10.8. The van der Waals surface area contributed by atoms with Gasteiger partial charge in [0, 0.05) is 30.3 Å². The number of hydrogen-bond donors (Lipinski definition) is 2. The minimum Gasteiger partial charge on any atom is -0.451 e. The summed E-state index contributed by atoms with van der Waals surface area (Å²) in [6, 6.07) is 22.9. The molecule has 1 heterocycles. The number of ether oxygens (including phenoxy) is 1. The van der Waals surface area contributed by atoms with Crippen LogP contribution in [0.15, 0.2) is 89.3 Å². The Morgan fingerprint density at radius 2 is 1.54 bits per heavy atom. The summed E-state index contributed by atoms with van der Waals surface area (Å²) in [6.45, 7) is 0.231. The lowest BCUT2D eigenvalue weighted by molar-refractivity contribution is 0.0923. The summed E-state index contributed by atoms with van der Waals surface area (Å²) in [4.78, 5) is 24.6. The molecule has 0 radical (unpaired) electrons. The Bertz CT molecular complexity index is 1320. The predicted molar refractivity (Wildman–Crippen MR) is 125 cm³/mol. The number of nitrogens with one attached hydrogen (secondary N) is 2. The highest BCUT2D eigenvalue weighted by Gasteiger charge is 2.15. The van der Waals surface area contributed by atoms with E-state index in [4.69, 9.17) is 9.15 Å². The van der Waals surface area contributed by atoms with Crippen molar-refractivity contribution >= 4 is 12.0 Å². The number of alkyl carbamates (subject to hydrolysis) is 1. The summed E-state index contributed by atoms with van der Waals surface area (Å²) in [5.74, 6) is -1.51. The van der Waals surface area contributed by atoms with Crippen molar-refractivity contribution in [3.05, 3.63) is 119 Å². The molecular weight excluding hydrogens is 454 g/mol. The van der Waals surface area contributed by atoms with Gasteiger partial charge in [0.2, 0.25) is 0 Å². The zero-order valence-corrected chi connectivity index (χ0v) is 18.6. The van der Waals surface area contributed by atoms with Crippen LogP contribution in [0.25, 0.3) is 11.3 Å². The van der Waals surface area contributed by atoms with Gasteiger partial charge >= 0.3 is 6.09 Å². The zero-order valence-electron chi connectivity index (χ0n) is 18.6. The second-order valence-corrected chi connectivity index (χ2v) is 7.65. The van der Waals surface area contributed by atoms with Crippen molar-refractivity contribution < 1.29 is 27.5 Å². The lowest BCUT2D eigenvalue weighted by Crippen LogP contribution is -2.24. The van der Waals surface area contributed by atoms with Crippen LogP contribution in [-0.4, -0.2) is 12.0 Å². The molecule has 2 amide bonds. The highest BCUT2D eigenvalue weighted by atomic mass is 19.1. The molecule has 8 heteroatoms. The first kappa shape index (κ1) is 23.7. The number of carbonyl (C=O) groups excluding carboxylic acids is 2. The third-order valence-electron chi connectivity index (χ3n) is 5.20. The van der Waals surface area contributed by atoms with Crippen LogP contribution in [0.2, 0.25) is 0 Å². The maximum atomic E-state index is 13.8. The number of amides is 2. The lowest BCUT2D eigenvalue weighted by atomic mass is 10.1. The number of hydrogen-bond acceptors (Lipinski definition) is 4. The molecule has 3 aromatic carbocycles. The van der Waals surface area contributed by atoms with Crippen LogP contribution in [-0.2, 0) is 24.4 Å². The summed E-state index contributed by atoms with van der Waals surface area (Å²) in [5.41, 5.74) is 2.49. The first-order valence-corrected chi connectivity index (χ1v) is 10.8. The molecule has 4 rings (SSSR count). The smallest absolute Gasteiger partial charge is 0.407 e. The SMILES string of the molecule is O=C(NCc1ccccc1-c1ccc(C(=O)NCc2ccc(F)cc2F)o1)OCc1ccccc1. The van der Waals surface area contributed by atoms with Gasteiger partial charge in [-0.3, -0.25) is 4.79 Å². The number of carbonyl (C=O) groups is 2. The summed E-state index contributed by atoms with van der Waals surface area (Å²) in [6.07, 6.45) is -0.559. The van der Waals surface area contributed by atoms with Gasteiger partial charge in [-0.15, -0.1) is 0 Å². The van der Waals surface area contributed by atoms with E-state index >= 15 is 0 Å². The molecule has 0 bridgehead atoms. The van der Waals surface area contributed by atoms with E-state index in [2.05, 4.69) is 10.6 Å². The molecule has 178 valence electrons. The Labute approximate surface area is 200 Å². The average Bonchev–Trinajstić information content (AvgIpc) is 3.37. The summed E-state index contributed by atoms with van der Waals surface area (Å²) in [7, 11) is 0. The highest BCUT2D eigenvalue weighted by Crippen LogP contribution is 2.26. The Morgan fingerprint density at radius 1 is 0.800 bits per heavy atom. The Balaban J connectivity index is 1.36. The average molecular weight is 476 g/mol. The largest absolute Gasteiger partial charge is 0.451 e. The summed E-state index contributed by atoms with van der Waals surface area (Å²) < 4.78 is 37.8. The van der Waals surface area contributed by atoms with Gasteiger partial charge in [-0.2, -0.15) is 0 Å². The molecule has 0 unspecified atom stereocenters. The standard InChI is InChI=1S/C27H22F2N2O4/c28-21-11-10-20(23(29)14-21)16-30-26(32)25-13-12-24(35-25)22-9-5-4-8-19(22)15-31-27(33)34-17-18-6-2-1-3-7-18/h1-14H,15-17H2,(H,30,32)(H,31,33). The summed E-state index contributed by atoms with van der Waals surface area (Å²) in [5, 5.41) is 5.27.